The van der Waals surface area contributed by atoms with Crippen molar-refractivity contribution in [3.8, 4) is 6.07 Å². The minimum Gasteiger partial charge on any atom is -0.335 e. The van der Waals surface area contributed by atoms with Crippen molar-refractivity contribution in [2.24, 2.45) is 5.92 Å². The van der Waals surface area contributed by atoms with Gasteiger partial charge in [-0.15, -0.1) is 0 Å². The summed E-state index contributed by atoms with van der Waals surface area (Å²) in [5.74, 6) is 1.24. The second kappa shape index (κ2) is 6.14. The molecule has 6 nitrogen and oxygen atoms in total. The molecule has 0 saturated carbocycles. The number of nitrogens with zero attached hydrogens (tertiary/aromatic N) is 3. The average Bonchev–Trinajstić information content (AvgIpc) is 3.01. The molecule has 1 aromatic heterocycles. The van der Waals surface area contributed by atoms with Gasteiger partial charge in [0.1, 0.15) is 5.82 Å². The maximum absolute atomic E-state index is 12.5. The van der Waals surface area contributed by atoms with Crippen molar-refractivity contribution in [3.05, 3.63) is 47.5 Å². The molecule has 0 aliphatic carbocycles. The van der Waals surface area contributed by atoms with E-state index in [4.69, 9.17) is 5.26 Å². The molecule has 0 bridgehead atoms. The highest BCUT2D eigenvalue weighted by Gasteiger charge is 2.23. The molecule has 0 saturated heterocycles. The third-order valence-electron chi connectivity index (χ3n) is 4.22. The number of hydrogen-bond donors (Lipinski definition) is 1. The first-order valence-corrected chi connectivity index (χ1v) is 8.98. The van der Waals surface area contributed by atoms with Crippen molar-refractivity contribution in [2.45, 2.75) is 31.2 Å². The largest absolute Gasteiger partial charge is 0.335 e. The number of benzene rings is 1. The summed E-state index contributed by atoms with van der Waals surface area (Å²) in [5.41, 5.74) is 0.978. The Morgan fingerprint density at radius 3 is 3.09 bits per heavy atom. The molecule has 23 heavy (non-hydrogen) atoms. The highest BCUT2D eigenvalue weighted by molar-refractivity contribution is 7.89. The molecule has 1 atom stereocenters. The zero-order valence-corrected chi connectivity index (χ0v) is 13.7. The molecule has 0 amide bonds. The number of imidazole rings is 1. The quantitative estimate of drug-likeness (QED) is 0.922. The van der Waals surface area contributed by atoms with Crippen LogP contribution in [-0.4, -0.2) is 24.5 Å². The predicted molar refractivity (Wildman–Crippen MR) is 85.1 cm³/mol. The van der Waals surface area contributed by atoms with Gasteiger partial charge in [0.05, 0.1) is 16.5 Å². The lowest BCUT2D eigenvalue weighted by atomic mass is 9.98. The molecule has 0 radical (unpaired) electrons. The van der Waals surface area contributed by atoms with Crippen LogP contribution in [-0.2, 0) is 23.0 Å². The third kappa shape index (κ3) is 3.28. The van der Waals surface area contributed by atoms with Gasteiger partial charge in [0.2, 0.25) is 10.0 Å². The summed E-state index contributed by atoms with van der Waals surface area (Å²) in [6, 6.07) is 6.68. The Kier molecular flexibility index (Phi) is 4.20. The van der Waals surface area contributed by atoms with Crippen molar-refractivity contribution in [1.29, 1.82) is 5.26 Å². The maximum atomic E-state index is 12.5. The lowest BCUT2D eigenvalue weighted by Crippen LogP contribution is -2.33. The molecule has 0 spiro atoms. The van der Waals surface area contributed by atoms with Gasteiger partial charge in [-0.3, -0.25) is 0 Å². The molecular formula is C16H18N4O2S. The smallest absolute Gasteiger partial charge is 0.240 e. The molecule has 2 aromatic rings. The minimum atomic E-state index is -3.62. The summed E-state index contributed by atoms with van der Waals surface area (Å²) in [4.78, 5) is 4.47. The average molecular weight is 330 g/mol. The normalized spacial score (nSPS) is 17.5. The molecule has 1 N–H and O–H groups in total. The van der Waals surface area contributed by atoms with Crippen LogP contribution in [0.5, 0.6) is 0 Å². The number of rotatable bonds is 4. The van der Waals surface area contributed by atoms with Crippen LogP contribution < -0.4 is 4.72 Å². The maximum Gasteiger partial charge on any atom is 0.240 e. The molecule has 2 heterocycles. The number of hydrogen-bond acceptors (Lipinski definition) is 4. The van der Waals surface area contributed by atoms with Crippen molar-refractivity contribution in [2.75, 3.05) is 6.54 Å². The highest BCUT2D eigenvalue weighted by atomic mass is 32.2. The SMILES string of the molecule is Cc1ccc(C#N)cc1S(=O)(=O)NC[C@H]1CCn2ccnc2C1. The molecule has 120 valence electrons. The Morgan fingerprint density at radius 2 is 2.30 bits per heavy atom. The van der Waals surface area contributed by atoms with Gasteiger partial charge in [-0.05, 0) is 37.0 Å². The second-order valence-corrected chi connectivity index (χ2v) is 7.58. The summed E-state index contributed by atoms with van der Waals surface area (Å²) < 4.78 is 29.8. The number of aromatic nitrogens is 2. The first-order chi connectivity index (χ1) is 11.0. The van der Waals surface area contributed by atoms with Gasteiger partial charge in [-0.2, -0.15) is 5.26 Å². The standard InChI is InChI=1S/C16H18N4O2S/c1-12-2-3-13(10-17)8-15(12)23(21,22)19-11-14-4-6-20-7-5-18-16(20)9-14/h2-3,5,7-8,14,19H,4,6,9,11H2,1H3/t14-/m0/s1. The summed E-state index contributed by atoms with van der Waals surface area (Å²) in [6.45, 7) is 2.98. The van der Waals surface area contributed by atoms with Crippen LogP contribution in [0, 0.1) is 24.2 Å². The van der Waals surface area contributed by atoms with Crippen LogP contribution in [0.3, 0.4) is 0 Å². The van der Waals surface area contributed by atoms with Gasteiger partial charge < -0.3 is 4.57 Å². The van der Waals surface area contributed by atoms with Crippen molar-refractivity contribution >= 4 is 10.0 Å². The summed E-state index contributed by atoms with van der Waals surface area (Å²) in [7, 11) is -3.62. The van der Waals surface area contributed by atoms with Crippen LogP contribution in [0.1, 0.15) is 23.4 Å². The topological polar surface area (TPSA) is 87.8 Å². The number of aryl methyl sites for hydroxylation is 2. The number of nitrogens with one attached hydrogen (secondary N) is 1. The van der Waals surface area contributed by atoms with E-state index >= 15 is 0 Å². The summed E-state index contributed by atoms with van der Waals surface area (Å²) >= 11 is 0. The van der Waals surface area contributed by atoms with Crippen LogP contribution in [0.4, 0.5) is 0 Å². The molecule has 1 aliphatic rings. The Morgan fingerprint density at radius 1 is 1.48 bits per heavy atom. The number of fused-ring (bicyclic) bond motifs is 1. The van der Waals surface area contributed by atoms with Crippen LogP contribution in [0.15, 0.2) is 35.5 Å². The predicted octanol–water partition coefficient (Wildman–Crippen LogP) is 1.60. The van der Waals surface area contributed by atoms with E-state index in [1.807, 2.05) is 12.3 Å². The van der Waals surface area contributed by atoms with Crippen LogP contribution >= 0.6 is 0 Å². The van der Waals surface area contributed by atoms with Crippen molar-refractivity contribution < 1.29 is 8.42 Å². The lowest BCUT2D eigenvalue weighted by molar-refractivity contribution is 0.379. The van der Waals surface area contributed by atoms with Gasteiger partial charge in [-0.25, -0.2) is 18.1 Å². The first-order valence-electron chi connectivity index (χ1n) is 7.50. The fourth-order valence-electron chi connectivity index (χ4n) is 2.85. The third-order valence-corrected chi connectivity index (χ3v) is 5.79. The fourth-order valence-corrected chi connectivity index (χ4v) is 4.24. The molecular weight excluding hydrogens is 312 g/mol. The Labute approximate surface area is 135 Å². The van der Waals surface area contributed by atoms with Crippen LogP contribution in [0.2, 0.25) is 0 Å². The fraction of sp³-hybridized carbons (Fsp3) is 0.375. The number of sulfonamides is 1. The molecule has 1 aliphatic heterocycles. The van der Waals surface area contributed by atoms with Gasteiger partial charge in [0.25, 0.3) is 0 Å². The monoisotopic (exact) mass is 330 g/mol. The van der Waals surface area contributed by atoms with Gasteiger partial charge >= 0.3 is 0 Å². The van der Waals surface area contributed by atoms with Crippen molar-refractivity contribution in [1.82, 2.24) is 14.3 Å². The lowest BCUT2D eigenvalue weighted by Gasteiger charge is -2.23. The van der Waals surface area contributed by atoms with E-state index in [0.29, 0.717) is 17.7 Å². The molecule has 3 rings (SSSR count). The van der Waals surface area contributed by atoms with Crippen molar-refractivity contribution in [3.63, 3.8) is 0 Å². The van der Waals surface area contributed by atoms with Gasteiger partial charge in [-0.1, -0.05) is 6.07 Å². The summed E-state index contributed by atoms with van der Waals surface area (Å²) in [6.07, 6.45) is 5.42. The van der Waals surface area contributed by atoms with Crippen LogP contribution in [0.25, 0.3) is 0 Å². The zero-order valence-electron chi connectivity index (χ0n) is 12.9. The first kappa shape index (κ1) is 15.7. The van der Waals surface area contributed by atoms with E-state index in [1.165, 1.54) is 6.07 Å². The van der Waals surface area contributed by atoms with Gasteiger partial charge in [0.15, 0.2) is 0 Å². The highest BCUT2D eigenvalue weighted by Crippen LogP contribution is 2.20. The van der Waals surface area contributed by atoms with E-state index < -0.39 is 10.0 Å². The molecule has 0 fully saturated rings. The van der Waals surface area contributed by atoms with E-state index in [1.54, 1.807) is 25.3 Å². The van der Waals surface area contributed by atoms with E-state index in [2.05, 4.69) is 14.3 Å². The molecule has 1 aromatic carbocycles. The Hall–Kier alpha value is -2.17. The number of nitriles is 1. The zero-order chi connectivity index (χ0) is 16.4. The second-order valence-electron chi connectivity index (χ2n) is 5.84. The van der Waals surface area contributed by atoms with Gasteiger partial charge in [0, 0.05) is 31.9 Å². The van der Waals surface area contributed by atoms with E-state index in [-0.39, 0.29) is 10.8 Å². The minimum absolute atomic E-state index is 0.175. The summed E-state index contributed by atoms with van der Waals surface area (Å²) in [5, 5.41) is 8.95. The Bertz CT molecular complexity index is 864. The molecule has 7 heteroatoms. The molecule has 0 unspecified atom stereocenters. The Balaban J connectivity index is 1.72. The van der Waals surface area contributed by atoms with E-state index in [0.717, 1.165) is 25.2 Å². The van der Waals surface area contributed by atoms with E-state index in [9.17, 15) is 8.42 Å².